The number of hydrogen-bond donors (Lipinski definition) is 3. The Balaban J connectivity index is 2.47. The molecular formula is C11H11F2N5O2S. The minimum Gasteiger partial charge on any atom is -0.384 e. The number of benzene rings is 1. The molecule has 0 radical (unpaired) electrons. The standard InChI is InChI=1S/C11H11F2N5O2S/c1-18-11(7(5-16-18)10(14)15)17-21(19,20)9-3-2-6(12)4-8(9)13/h2-5,17H,1H3,(H3,14,15). The summed E-state index contributed by atoms with van der Waals surface area (Å²) >= 11 is 0. The molecule has 0 spiro atoms. The molecule has 7 nitrogen and oxygen atoms in total. The molecule has 10 heteroatoms. The number of anilines is 1. The molecule has 0 aliphatic rings. The summed E-state index contributed by atoms with van der Waals surface area (Å²) in [5.41, 5.74) is 5.35. The number of hydrogen-bond acceptors (Lipinski definition) is 4. The van der Waals surface area contributed by atoms with Crippen LogP contribution in [-0.2, 0) is 17.1 Å². The van der Waals surface area contributed by atoms with Crippen molar-refractivity contribution < 1.29 is 17.2 Å². The fourth-order valence-electron chi connectivity index (χ4n) is 1.63. The van der Waals surface area contributed by atoms with Crippen LogP contribution in [0.2, 0.25) is 0 Å². The number of aryl methyl sites for hydroxylation is 1. The van der Waals surface area contributed by atoms with E-state index in [1.54, 1.807) is 0 Å². The molecule has 0 unspecified atom stereocenters. The Morgan fingerprint density at radius 3 is 2.67 bits per heavy atom. The number of rotatable bonds is 4. The second-order valence-corrected chi connectivity index (χ2v) is 5.78. The fourth-order valence-corrected chi connectivity index (χ4v) is 2.80. The molecule has 112 valence electrons. The zero-order valence-corrected chi connectivity index (χ0v) is 11.6. The minimum atomic E-state index is -4.31. The average molecular weight is 315 g/mol. The summed E-state index contributed by atoms with van der Waals surface area (Å²) in [4.78, 5) is -0.723. The molecule has 1 aromatic carbocycles. The van der Waals surface area contributed by atoms with Crippen molar-refractivity contribution in [3.05, 3.63) is 41.6 Å². The predicted molar refractivity (Wildman–Crippen MR) is 71.4 cm³/mol. The van der Waals surface area contributed by atoms with Gasteiger partial charge in [0.05, 0.1) is 11.8 Å². The molecule has 2 aromatic rings. The highest BCUT2D eigenvalue weighted by atomic mass is 32.2. The van der Waals surface area contributed by atoms with Gasteiger partial charge in [-0.25, -0.2) is 17.2 Å². The van der Waals surface area contributed by atoms with Crippen LogP contribution < -0.4 is 10.5 Å². The van der Waals surface area contributed by atoms with Gasteiger partial charge in [0.25, 0.3) is 10.0 Å². The Labute approximate surface area is 118 Å². The molecule has 0 aliphatic heterocycles. The van der Waals surface area contributed by atoms with Crippen molar-refractivity contribution in [2.45, 2.75) is 4.90 Å². The van der Waals surface area contributed by atoms with Gasteiger partial charge in [-0.15, -0.1) is 0 Å². The zero-order valence-electron chi connectivity index (χ0n) is 10.8. The van der Waals surface area contributed by atoms with Gasteiger partial charge < -0.3 is 5.73 Å². The smallest absolute Gasteiger partial charge is 0.265 e. The third kappa shape index (κ3) is 2.84. The van der Waals surface area contributed by atoms with E-state index >= 15 is 0 Å². The van der Waals surface area contributed by atoms with E-state index in [9.17, 15) is 17.2 Å². The normalized spacial score (nSPS) is 11.4. The predicted octanol–water partition coefficient (Wildman–Crippen LogP) is 0.783. The zero-order chi connectivity index (χ0) is 15.8. The number of nitrogens with one attached hydrogen (secondary N) is 2. The molecular weight excluding hydrogens is 304 g/mol. The van der Waals surface area contributed by atoms with E-state index < -0.39 is 32.4 Å². The highest BCUT2D eigenvalue weighted by Gasteiger charge is 2.23. The highest BCUT2D eigenvalue weighted by Crippen LogP contribution is 2.21. The Bertz CT molecular complexity index is 816. The van der Waals surface area contributed by atoms with Gasteiger partial charge in [-0.2, -0.15) is 5.10 Å². The second-order valence-electron chi connectivity index (χ2n) is 4.12. The maximum absolute atomic E-state index is 13.6. The second kappa shape index (κ2) is 5.13. The molecule has 4 N–H and O–H groups in total. The van der Waals surface area contributed by atoms with E-state index in [0.29, 0.717) is 6.07 Å². The molecule has 1 heterocycles. The summed E-state index contributed by atoms with van der Waals surface area (Å²) in [7, 11) is -2.89. The quantitative estimate of drug-likeness (QED) is 0.571. The lowest BCUT2D eigenvalue weighted by Gasteiger charge is -2.10. The topological polar surface area (TPSA) is 114 Å². The van der Waals surface area contributed by atoms with E-state index in [4.69, 9.17) is 11.1 Å². The first-order chi connectivity index (χ1) is 9.72. The first kappa shape index (κ1) is 14.9. The van der Waals surface area contributed by atoms with Crippen LogP contribution in [0.4, 0.5) is 14.6 Å². The van der Waals surface area contributed by atoms with Crippen molar-refractivity contribution in [1.29, 1.82) is 5.41 Å². The van der Waals surface area contributed by atoms with Crippen LogP contribution in [0.15, 0.2) is 29.3 Å². The van der Waals surface area contributed by atoms with E-state index in [1.807, 2.05) is 0 Å². The Hall–Kier alpha value is -2.49. The summed E-state index contributed by atoms with van der Waals surface area (Å²) in [6.45, 7) is 0. The number of sulfonamides is 1. The van der Waals surface area contributed by atoms with Gasteiger partial charge in [0.2, 0.25) is 0 Å². The average Bonchev–Trinajstić information content (AvgIpc) is 2.70. The SMILES string of the molecule is Cn1ncc(C(=N)N)c1NS(=O)(=O)c1ccc(F)cc1F. The molecule has 2 rings (SSSR count). The maximum atomic E-state index is 13.6. The van der Waals surface area contributed by atoms with Gasteiger partial charge in [0.1, 0.15) is 28.2 Å². The maximum Gasteiger partial charge on any atom is 0.265 e. The lowest BCUT2D eigenvalue weighted by molar-refractivity contribution is 0.550. The lowest BCUT2D eigenvalue weighted by atomic mass is 10.3. The third-order valence-electron chi connectivity index (χ3n) is 2.64. The summed E-state index contributed by atoms with van der Waals surface area (Å²) in [6.07, 6.45) is 1.20. The molecule has 0 fully saturated rings. The molecule has 0 atom stereocenters. The molecule has 0 saturated heterocycles. The van der Waals surface area contributed by atoms with Crippen molar-refractivity contribution in [1.82, 2.24) is 9.78 Å². The van der Waals surface area contributed by atoms with Crippen molar-refractivity contribution in [3.63, 3.8) is 0 Å². The molecule has 0 saturated carbocycles. The molecule has 0 amide bonds. The van der Waals surface area contributed by atoms with Crippen LogP contribution in [0.1, 0.15) is 5.56 Å². The largest absolute Gasteiger partial charge is 0.384 e. The van der Waals surface area contributed by atoms with Gasteiger partial charge in [0, 0.05) is 13.1 Å². The summed E-state index contributed by atoms with van der Waals surface area (Å²) in [5.74, 6) is -2.61. The Kier molecular flexibility index (Phi) is 3.64. The van der Waals surface area contributed by atoms with Crippen molar-refractivity contribution in [3.8, 4) is 0 Å². The monoisotopic (exact) mass is 315 g/mol. The Morgan fingerprint density at radius 1 is 1.43 bits per heavy atom. The first-order valence-electron chi connectivity index (χ1n) is 5.56. The fraction of sp³-hybridized carbons (Fsp3) is 0.0909. The van der Waals surface area contributed by atoms with E-state index in [0.717, 1.165) is 16.8 Å². The van der Waals surface area contributed by atoms with Gasteiger partial charge >= 0.3 is 0 Å². The number of aromatic nitrogens is 2. The van der Waals surface area contributed by atoms with Crippen LogP contribution >= 0.6 is 0 Å². The number of nitrogens with two attached hydrogens (primary N) is 1. The number of amidine groups is 1. The van der Waals surface area contributed by atoms with Crippen molar-refractivity contribution in [2.75, 3.05) is 4.72 Å². The minimum absolute atomic E-state index is 0.0450. The number of halogens is 2. The molecule has 1 aromatic heterocycles. The molecule has 21 heavy (non-hydrogen) atoms. The van der Waals surface area contributed by atoms with Crippen LogP contribution in [0.3, 0.4) is 0 Å². The van der Waals surface area contributed by atoms with Crippen LogP contribution in [-0.4, -0.2) is 24.0 Å². The highest BCUT2D eigenvalue weighted by molar-refractivity contribution is 7.92. The van der Waals surface area contributed by atoms with E-state index in [-0.39, 0.29) is 11.4 Å². The third-order valence-corrected chi connectivity index (χ3v) is 4.02. The number of nitrogens with zero attached hydrogens (tertiary/aromatic N) is 2. The van der Waals surface area contributed by atoms with E-state index in [2.05, 4.69) is 9.82 Å². The van der Waals surface area contributed by atoms with Gasteiger partial charge in [0.15, 0.2) is 0 Å². The van der Waals surface area contributed by atoms with Crippen LogP contribution in [0.5, 0.6) is 0 Å². The van der Waals surface area contributed by atoms with E-state index in [1.165, 1.54) is 13.2 Å². The summed E-state index contributed by atoms with van der Waals surface area (Å²) < 4.78 is 53.9. The van der Waals surface area contributed by atoms with Crippen LogP contribution in [0, 0.1) is 17.0 Å². The molecule has 0 aliphatic carbocycles. The number of nitrogen functional groups attached to an aromatic ring is 1. The summed E-state index contributed by atoms with van der Waals surface area (Å²) in [6, 6.07) is 2.09. The van der Waals surface area contributed by atoms with Gasteiger partial charge in [-0.1, -0.05) is 0 Å². The lowest BCUT2D eigenvalue weighted by Crippen LogP contribution is -2.20. The molecule has 0 bridgehead atoms. The van der Waals surface area contributed by atoms with Crippen molar-refractivity contribution in [2.24, 2.45) is 12.8 Å². The van der Waals surface area contributed by atoms with Gasteiger partial charge in [-0.3, -0.25) is 14.8 Å². The summed E-state index contributed by atoms with van der Waals surface area (Å²) in [5, 5.41) is 11.1. The first-order valence-corrected chi connectivity index (χ1v) is 7.05. The van der Waals surface area contributed by atoms with Crippen LogP contribution in [0.25, 0.3) is 0 Å². The van der Waals surface area contributed by atoms with Gasteiger partial charge in [-0.05, 0) is 12.1 Å². The Morgan fingerprint density at radius 2 is 2.10 bits per heavy atom. The van der Waals surface area contributed by atoms with Crippen molar-refractivity contribution >= 4 is 21.7 Å².